The minimum absolute atomic E-state index is 0.318. The number of aliphatic imine (C=N–C) groups is 1. The van der Waals surface area contributed by atoms with Gasteiger partial charge in [0.2, 0.25) is 5.96 Å². The number of likely N-dealkylation sites (tertiary alicyclic amines) is 1. The molecular formula is C21H30ClN7. The molecule has 3 rings (SSSR count). The summed E-state index contributed by atoms with van der Waals surface area (Å²) in [6.07, 6.45) is 2.33. The molecule has 156 valence electrons. The highest BCUT2D eigenvalue weighted by atomic mass is 35.5. The third-order valence-corrected chi connectivity index (χ3v) is 5.66. The number of guanidine groups is 1. The molecule has 29 heavy (non-hydrogen) atoms. The molecule has 1 fully saturated rings. The van der Waals surface area contributed by atoms with Crippen molar-refractivity contribution in [3.63, 3.8) is 0 Å². The predicted molar refractivity (Wildman–Crippen MR) is 121 cm³/mol. The van der Waals surface area contributed by atoms with E-state index < -0.39 is 0 Å². The van der Waals surface area contributed by atoms with Crippen LogP contribution in [0.2, 0.25) is 5.02 Å². The van der Waals surface area contributed by atoms with Crippen molar-refractivity contribution in [2.45, 2.75) is 39.7 Å². The van der Waals surface area contributed by atoms with Crippen LogP contribution in [-0.2, 0) is 0 Å². The Morgan fingerprint density at radius 2 is 2.14 bits per heavy atom. The lowest BCUT2D eigenvalue weighted by atomic mass is 10.1. The smallest absolute Gasteiger partial charge is 0.254 e. The van der Waals surface area contributed by atoms with Crippen LogP contribution in [-0.4, -0.2) is 53.6 Å². The van der Waals surface area contributed by atoms with Crippen molar-refractivity contribution in [1.82, 2.24) is 14.9 Å². The van der Waals surface area contributed by atoms with Crippen LogP contribution in [0, 0.1) is 13.8 Å². The van der Waals surface area contributed by atoms with Crippen molar-refractivity contribution < 1.29 is 0 Å². The van der Waals surface area contributed by atoms with E-state index in [1.54, 1.807) is 4.90 Å². The molecule has 1 atom stereocenters. The molecule has 0 unspecified atom stereocenters. The zero-order chi connectivity index (χ0) is 21.0. The van der Waals surface area contributed by atoms with Crippen molar-refractivity contribution in [2.75, 3.05) is 36.9 Å². The Hall–Kier alpha value is -2.38. The van der Waals surface area contributed by atoms with Gasteiger partial charge in [-0.15, -0.1) is 0 Å². The average molecular weight is 416 g/mol. The molecule has 0 spiro atoms. The van der Waals surface area contributed by atoms with Crippen molar-refractivity contribution in [2.24, 2.45) is 10.7 Å². The maximum Gasteiger partial charge on any atom is 0.254 e. The Morgan fingerprint density at radius 3 is 2.86 bits per heavy atom. The molecule has 0 amide bonds. The first-order chi connectivity index (χ1) is 13.9. The van der Waals surface area contributed by atoms with Crippen LogP contribution < -0.4 is 16.0 Å². The van der Waals surface area contributed by atoms with Crippen molar-refractivity contribution in [1.29, 1.82) is 0 Å². The number of aromatic nitrogens is 2. The molecule has 2 heterocycles. The molecule has 8 heteroatoms. The zero-order valence-corrected chi connectivity index (χ0v) is 18.4. The van der Waals surface area contributed by atoms with Crippen LogP contribution in [0.5, 0.6) is 0 Å². The molecule has 0 radical (unpaired) electrons. The van der Waals surface area contributed by atoms with Gasteiger partial charge in [0.05, 0.1) is 0 Å². The van der Waals surface area contributed by atoms with Gasteiger partial charge in [-0.25, -0.2) is 4.98 Å². The summed E-state index contributed by atoms with van der Waals surface area (Å²) in [5.41, 5.74) is 8.96. The molecule has 1 aliphatic heterocycles. The number of hydrogen-bond acceptors (Lipinski definition) is 5. The van der Waals surface area contributed by atoms with Gasteiger partial charge >= 0.3 is 0 Å². The van der Waals surface area contributed by atoms with Gasteiger partial charge in [-0.2, -0.15) is 9.98 Å². The number of benzene rings is 1. The number of nitrogens with two attached hydrogens (primary N) is 1. The van der Waals surface area contributed by atoms with E-state index in [2.05, 4.69) is 32.1 Å². The monoisotopic (exact) mass is 415 g/mol. The van der Waals surface area contributed by atoms with Gasteiger partial charge < -0.3 is 20.9 Å². The van der Waals surface area contributed by atoms with Gasteiger partial charge in [0.15, 0.2) is 0 Å². The molecule has 1 aromatic heterocycles. The van der Waals surface area contributed by atoms with Crippen LogP contribution in [0.3, 0.4) is 0 Å². The summed E-state index contributed by atoms with van der Waals surface area (Å²) in [6.45, 7) is 9.36. The van der Waals surface area contributed by atoms with Gasteiger partial charge in [0.25, 0.3) is 5.95 Å². The van der Waals surface area contributed by atoms with E-state index in [1.807, 2.05) is 45.2 Å². The molecule has 7 nitrogen and oxygen atoms in total. The number of rotatable bonds is 5. The molecule has 0 bridgehead atoms. The van der Waals surface area contributed by atoms with E-state index >= 15 is 0 Å². The van der Waals surface area contributed by atoms with Crippen molar-refractivity contribution in [3.8, 4) is 0 Å². The summed E-state index contributed by atoms with van der Waals surface area (Å²) in [7, 11) is 1.86. The van der Waals surface area contributed by atoms with Crippen molar-refractivity contribution >= 4 is 35.0 Å². The van der Waals surface area contributed by atoms with Gasteiger partial charge in [0, 0.05) is 42.1 Å². The Bertz CT molecular complexity index is 883. The summed E-state index contributed by atoms with van der Waals surface area (Å²) >= 11 is 6.12. The Labute approximate surface area is 178 Å². The number of hydrogen-bond donors (Lipinski definition) is 2. The standard InChI is InChI=1S/C21H30ClN7/c1-5-29-10-6-7-16(13-29)25-19-12-15(3)24-21(26-19)27-20(23)28(4)17-8-9-18(22)14(2)11-17/h8-9,11-12,16H,5-7,10,13H2,1-4H3,(H3,23,24,25,26,27)/t16-/m1/s1. The van der Waals surface area contributed by atoms with Crippen LogP contribution in [0.4, 0.5) is 17.5 Å². The van der Waals surface area contributed by atoms with Gasteiger partial charge in [-0.05, 0) is 63.5 Å². The fourth-order valence-corrected chi connectivity index (χ4v) is 3.61. The van der Waals surface area contributed by atoms with Crippen LogP contribution in [0.25, 0.3) is 0 Å². The highest BCUT2D eigenvalue weighted by molar-refractivity contribution is 6.31. The lowest BCUT2D eigenvalue weighted by molar-refractivity contribution is 0.226. The first kappa shape index (κ1) is 21.3. The molecule has 3 N–H and O–H groups in total. The Kier molecular flexibility index (Phi) is 6.92. The first-order valence-corrected chi connectivity index (χ1v) is 10.4. The largest absolute Gasteiger partial charge is 0.369 e. The molecule has 0 aliphatic carbocycles. The third-order valence-electron chi connectivity index (χ3n) is 5.23. The SMILES string of the molecule is CCN1CCC[C@@H](Nc2cc(C)nc(N=C(N)N(C)c3ccc(Cl)c(C)c3)n2)C1. The minimum Gasteiger partial charge on any atom is -0.369 e. The number of anilines is 2. The number of piperidine rings is 1. The van der Waals surface area contributed by atoms with E-state index in [0.717, 1.165) is 47.3 Å². The lowest BCUT2D eigenvalue weighted by Crippen LogP contribution is -2.42. The fraction of sp³-hybridized carbons (Fsp3) is 0.476. The molecule has 0 saturated carbocycles. The fourth-order valence-electron chi connectivity index (χ4n) is 3.49. The van der Waals surface area contributed by atoms with E-state index in [9.17, 15) is 0 Å². The summed E-state index contributed by atoms with van der Waals surface area (Å²) in [5, 5.41) is 4.27. The van der Waals surface area contributed by atoms with E-state index in [4.69, 9.17) is 17.3 Å². The first-order valence-electron chi connectivity index (χ1n) is 10.0. The number of likely N-dealkylation sites (N-methyl/N-ethyl adjacent to an activating group) is 1. The summed E-state index contributed by atoms with van der Waals surface area (Å²) in [4.78, 5) is 17.7. The minimum atomic E-state index is 0.318. The molecule has 1 saturated heterocycles. The second-order valence-electron chi connectivity index (χ2n) is 7.53. The summed E-state index contributed by atoms with van der Waals surface area (Å²) in [5.74, 6) is 1.46. The highest BCUT2D eigenvalue weighted by Gasteiger charge is 2.19. The quantitative estimate of drug-likeness (QED) is 0.572. The second-order valence-corrected chi connectivity index (χ2v) is 7.94. The van der Waals surface area contributed by atoms with Crippen LogP contribution >= 0.6 is 11.6 Å². The predicted octanol–water partition coefficient (Wildman–Crippen LogP) is 3.73. The van der Waals surface area contributed by atoms with Crippen molar-refractivity contribution in [3.05, 3.63) is 40.5 Å². The number of nitrogens with one attached hydrogen (secondary N) is 1. The Balaban J connectivity index is 1.76. The normalized spacial score (nSPS) is 18.0. The zero-order valence-electron chi connectivity index (χ0n) is 17.6. The molecule has 2 aromatic rings. The summed E-state index contributed by atoms with van der Waals surface area (Å²) in [6, 6.07) is 8.06. The van der Waals surface area contributed by atoms with E-state index in [0.29, 0.717) is 17.9 Å². The van der Waals surface area contributed by atoms with Crippen LogP contribution in [0.15, 0.2) is 29.3 Å². The van der Waals surface area contributed by atoms with Gasteiger partial charge in [0.1, 0.15) is 5.82 Å². The molecule has 1 aromatic carbocycles. The summed E-state index contributed by atoms with van der Waals surface area (Å²) < 4.78 is 0. The number of aryl methyl sites for hydroxylation is 2. The van der Waals surface area contributed by atoms with E-state index in [-0.39, 0.29) is 0 Å². The molecule has 1 aliphatic rings. The maximum atomic E-state index is 6.23. The number of halogens is 1. The Morgan fingerprint density at radius 1 is 1.34 bits per heavy atom. The highest BCUT2D eigenvalue weighted by Crippen LogP contribution is 2.22. The van der Waals surface area contributed by atoms with Gasteiger partial charge in [-0.1, -0.05) is 18.5 Å². The topological polar surface area (TPSA) is 82.7 Å². The van der Waals surface area contributed by atoms with E-state index in [1.165, 1.54) is 13.0 Å². The third kappa shape index (κ3) is 5.58. The second kappa shape index (κ2) is 9.41. The average Bonchev–Trinajstić information content (AvgIpc) is 2.69. The maximum absolute atomic E-state index is 6.23. The van der Waals surface area contributed by atoms with Crippen LogP contribution in [0.1, 0.15) is 31.0 Å². The van der Waals surface area contributed by atoms with Gasteiger partial charge in [-0.3, -0.25) is 0 Å². The molecular weight excluding hydrogens is 386 g/mol. The lowest BCUT2D eigenvalue weighted by Gasteiger charge is -2.32. The number of nitrogens with zero attached hydrogens (tertiary/aromatic N) is 5.